The molecule has 0 radical (unpaired) electrons. The Morgan fingerprint density at radius 2 is 1.68 bits per heavy atom. The van der Waals surface area contributed by atoms with Crippen LogP contribution < -0.4 is 16.0 Å². The predicted octanol–water partition coefficient (Wildman–Crippen LogP) is 2.87. The molecule has 1 unspecified atom stereocenters. The lowest BCUT2D eigenvalue weighted by molar-refractivity contribution is -0.141. The lowest BCUT2D eigenvalue weighted by atomic mass is 9.48. The molecule has 4 fully saturated rings. The maximum absolute atomic E-state index is 12.8. The van der Waals surface area contributed by atoms with Crippen LogP contribution in [0.5, 0.6) is 0 Å². The molecule has 0 saturated heterocycles. The molecule has 4 aliphatic rings. The molecule has 4 bridgehead atoms. The number of carbonyl (C=O) groups is 3. The summed E-state index contributed by atoms with van der Waals surface area (Å²) in [4.78, 5) is 38.6. The molecule has 1 atom stereocenters. The van der Waals surface area contributed by atoms with Gasteiger partial charge in [-0.3, -0.25) is 14.4 Å². The van der Waals surface area contributed by atoms with Crippen molar-refractivity contribution in [2.45, 2.75) is 58.4 Å². The van der Waals surface area contributed by atoms with Gasteiger partial charge in [0.2, 0.25) is 5.91 Å². The van der Waals surface area contributed by atoms with Gasteiger partial charge in [0.05, 0.1) is 5.69 Å². The van der Waals surface area contributed by atoms with Gasteiger partial charge in [0.25, 0.3) is 0 Å². The van der Waals surface area contributed by atoms with Crippen LogP contribution in [0.4, 0.5) is 11.4 Å². The predicted molar refractivity (Wildman–Crippen MR) is 107 cm³/mol. The molecule has 0 aliphatic heterocycles. The minimum Gasteiger partial charge on any atom is -0.399 e. The maximum Gasteiger partial charge on any atom is 0.323 e. The van der Waals surface area contributed by atoms with Gasteiger partial charge in [-0.2, -0.15) is 0 Å². The van der Waals surface area contributed by atoms with Crippen molar-refractivity contribution in [2.24, 2.45) is 23.2 Å². The molecule has 0 heterocycles. The summed E-state index contributed by atoms with van der Waals surface area (Å²) in [6, 6.07) is 6.37. The van der Waals surface area contributed by atoms with Gasteiger partial charge in [0, 0.05) is 18.7 Å². The Kier molecular flexibility index (Phi) is 4.68. The third kappa shape index (κ3) is 3.29. The number of amides is 3. The van der Waals surface area contributed by atoms with Crippen LogP contribution in [0.15, 0.2) is 24.3 Å². The highest BCUT2D eigenvalue weighted by Gasteiger charge is 2.53. The molecule has 6 nitrogen and oxygen atoms in total. The summed E-state index contributed by atoms with van der Waals surface area (Å²) in [5.41, 5.74) is 6.62. The largest absolute Gasteiger partial charge is 0.399 e. The van der Waals surface area contributed by atoms with Crippen molar-refractivity contribution >= 4 is 29.1 Å². The lowest BCUT2D eigenvalue weighted by Crippen LogP contribution is -2.58. The Labute approximate surface area is 165 Å². The fourth-order valence-electron chi connectivity index (χ4n) is 6.33. The number of nitrogen functional groups attached to an aromatic ring is 1. The number of imide groups is 1. The zero-order valence-electron chi connectivity index (χ0n) is 16.6. The van der Waals surface area contributed by atoms with Crippen molar-refractivity contribution in [3.8, 4) is 0 Å². The Balaban J connectivity index is 1.49. The molecule has 4 saturated carbocycles. The number of nitrogens with one attached hydrogen (secondary N) is 1. The van der Waals surface area contributed by atoms with Gasteiger partial charge in [-0.25, -0.2) is 4.90 Å². The van der Waals surface area contributed by atoms with Crippen molar-refractivity contribution < 1.29 is 14.4 Å². The molecule has 28 heavy (non-hydrogen) atoms. The highest BCUT2D eigenvalue weighted by molar-refractivity contribution is 6.45. The fraction of sp³-hybridized carbons (Fsp3) is 0.591. The van der Waals surface area contributed by atoms with E-state index in [0.717, 1.165) is 41.9 Å². The number of benzene rings is 1. The Hall–Kier alpha value is -2.37. The molecule has 0 spiro atoms. The quantitative estimate of drug-likeness (QED) is 0.620. The minimum atomic E-state index is -0.852. The van der Waals surface area contributed by atoms with E-state index in [9.17, 15) is 14.4 Å². The van der Waals surface area contributed by atoms with Crippen molar-refractivity contribution in [2.75, 3.05) is 10.6 Å². The molecule has 1 aromatic carbocycles. The summed E-state index contributed by atoms with van der Waals surface area (Å²) in [6.45, 7) is 3.30. The average molecular weight is 383 g/mol. The molecule has 0 aromatic heterocycles. The van der Waals surface area contributed by atoms with E-state index in [1.54, 1.807) is 18.2 Å². The third-order valence-electron chi connectivity index (χ3n) is 7.19. The monoisotopic (exact) mass is 383 g/mol. The number of nitrogens with two attached hydrogens (primary N) is 1. The first-order valence-electron chi connectivity index (χ1n) is 10.3. The molecule has 4 aliphatic carbocycles. The van der Waals surface area contributed by atoms with E-state index >= 15 is 0 Å². The average Bonchev–Trinajstić information content (AvgIpc) is 2.60. The van der Waals surface area contributed by atoms with Crippen molar-refractivity contribution in [3.05, 3.63) is 24.3 Å². The highest BCUT2D eigenvalue weighted by atomic mass is 16.2. The van der Waals surface area contributed by atoms with Crippen LogP contribution in [0.3, 0.4) is 0 Å². The molecular weight excluding hydrogens is 354 g/mol. The molecule has 6 heteroatoms. The first kappa shape index (κ1) is 19.0. The molecular formula is C22H29N3O3. The van der Waals surface area contributed by atoms with E-state index in [-0.39, 0.29) is 11.5 Å². The first-order valence-corrected chi connectivity index (χ1v) is 10.3. The van der Waals surface area contributed by atoms with E-state index in [1.807, 2.05) is 6.92 Å². The van der Waals surface area contributed by atoms with E-state index < -0.39 is 17.7 Å². The summed E-state index contributed by atoms with van der Waals surface area (Å²) in [7, 11) is 0. The normalized spacial score (nSPS) is 31.3. The van der Waals surface area contributed by atoms with Crippen molar-refractivity contribution in [3.63, 3.8) is 0 Å². The highest BCUT2D eigenvalue weighted by Crippen LogP contribution is 2.61. The topological polar surface area (TPSA) is 92.5 Å². The zero-order valence-corrected chi connectivity index (χ0v) is 16.6. The third-order valence-corrected chi connectivity index (χ3v) is 7.19. The molecule has 1 aromatic rings. The van der Waals surface area contributed by atoms with Crippen LogP contribution in [-0.2, 0) is 14.4 Å². The summed E-state index contributed by atoms with van der Waals surface area (Å²) < 4.78 is 0. The summed E-state index contributed by atoms with van der Waals surface area (Å²) >= 11 is 0. The zero-order chi connectivity index (χ0) is 20.1. The van der Waals surface area contributed by atoms with Gasteiger partial charge >= 0.3 is 11.8 Å². The number of rotatable bonds is 3. The van der Waals surface area contributed by atoms with Crippen molar-refractivity contribution in [1.82, 2.24) is 5.32 Å². The SMILES string of the molecule is CC(=O)N(C(=O)C(=O)NC(C)C12CC3CC(CC(C3)C1)C2)c1cccc(N)c1. The second-order valence-corrected chi connectivity index (χ2v) is 9.23. The van der Waals surface area contributed by atoms with E-state index in [4.69, 9.17) is 5.73 Å². The Morgan fingerprint density at radius 1 is 1.11 bits per heavy atom. The second kappa shape index (κ2) is 6.90. The number of nitrogens with zero attached hydrogens (tertiary/aromatic N) is 1. The fourth-order valence-corrected chi connectivity index (χ4v) is 6.33. The number of anilines is 2. The van der Waals surface area contributed by atoms with Crippen molar-refractivity contribution in [1.29, 1.82) is 0 Å². The molecule has 3 N–H and O–H groups in total. The maximum atomic E-state index is 12.8. The first-order chi connectivity index (χ1) is 13.3. The molecule has 3 amide bonds. The lowest BCUT2D eigenvalue weighted by Gasteiger charge is -2.59. The second-order valence-electron chi connectivity index (χ2n) is 9.23. The number of hydrogen-bond donors (Lipinski definition) is 2. The number of carbonyl (C=O) groups excluding carboxylic acids is 3. The minimum absolute atomic E-state index is 0.0769. The number of hydrogen-bond acceptors (Lipinski definition) is 4. The Morgan fingerprint density at radius 3 is 2.18 bits per heavy atom. The standard InChI is InChI=1S/C22H29N3O3/c1-13(22-10-15-6-16(11-22)8-17(7-15)12-22)24-20(27)21(28)25(14(2)26)19-5-3-4-18(23)9-19/h3-5,9,13,15-17H,6-8,10-12,23H2,1-2H3,(H,24,27). The van der Waals surface area contributed by atoms with Gasteiger partial charge < -0.3 is 11.1 Å². The van der Waals surface area contributed by atoms with Crippen LogP contribution in [0, 0.1) is 23.2 Å². The summed E-state index contributed by atoms with van der Waals surface area (Å²) in [5.74, 6) is 0.218. The van der Waals surface area contributed by atoms with Gasteiger partial charge in [0.1, 0.15) is 0 Å². The summed E-state index contributed by atoms with van der Waals surface area (Å²) in [5, 5.41) is 2.94. The van der Waals surface area contributed by atoms with Crippen LogP contribution in [0.1, 0.15) is 52.4 Å². The van der Waals surface area contributed by atoms with Gasteiger partial charge in [0.15, 0.2) is 0 Å². The van der Waals surface area contributed by atoms with E-state index in [1.165, 1.54) is 32.3 Å². The van der Waals surface area contributed by atoms with Crippen LogP contribution in [-0.4, -0.2) is 23.8 Å². The molecule has 150 valence electrons. The van der Waals surface area contributed by atoms with Crippen LogP contribution in [0.25, 0.3) is 0 Å². The van der Waals surface area contributed by atoms with E-state index in [0.29, 0.717) is 11.4 Å². The van der Waals surface area contributed by atoms with Crippen LogP contribution in [0.2, 0.25) is 0 Å². The Bertz CT molecular complexity index is 784. The molecule has 5 rings (SSSR count). The van der Waals surface area contributed by atoms with E-state index in [2.05, 4.69) is 5.32 Å². The van der Waals surface area contributed by atoms with Crippen LogP contribution >= 0.6 is 0 Å². The summed E-state index contributed by atoms with van der Waals surface area (Å²) in [6.07, 6.45) is 7.39. The smallest absolute Gasteiger partial charge is 0.323 e. The van der Waals surface area contributed by atoms with Gasteiger partial charge in [-0.1, -0.05) is 6.07 Å². The van der Waals surface area contributed by atoms with Gasteiger partial charge in [-0.15, -0.1) is 0 Å². The van der Waals surface area contributed by atoms with Gasteiger partial charge in [-0.05, 0) is 86.8 Å².